The lowest BCUT2D eigenvalue weighted by Crippen LogP contribution is -2.38. The fourth-order valence-corrected chi connectivity index (χ4v) is 4.43. The molecule has 32 heavy (non-hydrogen) atoms. The summed E-state index contributed by atoms with van der Waals surface area (Å²) in [7, 11) is 2.03. The van der Waals surface area contributed by atoms with Gasteiger partial charge in [-0.2, -0.15) is 0 Å². The van der Waals surface area contributed by atoms with Crippen LogP contribution in [-0.2, 0) is 23.0 Å². The van der Waals surface area contributed by atoms with Gasteiger partial charge in [0.2, 0.25) is 0 Å². The summed E-state index contributed by atoms with van der Waals surface area (Å²) in [5.74, 6) is 1.44. The zero-order valence-corrected chi connectivity index (χ0v) is 19.7. The monoisotopic (exact) mass is 434 g/mol. The van der Waals surface area contributed by atoms with Crippen LogP contribution in [0.25, 0.3) is 22.0 Å². The number of aryl methyl sites for hydroxylation is 1. The molecule has 4 rings (SSSR count). The molecule has 0 atom stereocenters. The van der Waals surface area contributed by atoms with Crippen LogP contribution in [-0.4, -0.2) is 57.6 Å². The number of Topliss-reactive ketones (excluding diaryl/α,β-unsaturated/α-hetero) is 1. The van der Waals surface area contributed by atoms with E-state index in [-0.39, 0.29) is 12.0 Å². The van der Waals surface area contributed by atoms with Gasteiger partial charge in [0.05, 0.1) is 24.6 Å². The van der Waals surface area contributed by atoms with Crippen molar-refractivity contribution >= 4 is 16.6 Å². The van der Waals surface area contributed by atoms with E-state index in [1.54, 1.807) is 0 Å². The van der Waals surface area contributed by atoms with Gasteiger partial charge in [0, 0.05) is 48.8 Å². The Labute approximate surface area is 190 Å². The van der Waals surface area contributed by atoms with Gasteiger partial charge in [0.15, 0.2) is 0 Å². The number of ketones is 1. The molecular formula is C26H34N4O2. The number of rotatable bonds is 8. The van der Waals surface area contributed by atoms with Crippen LogP contribution >= 0.6 is 0 Å². The summed E-state index contributed by atoms with van der Waals surface area (Å²) < 4.78 is 7.75. The van der Waals surface area contributed by atoms with E-state index in [0.717, 1.165) is 72.6 Å². The highest BCUT2D eigenvalue weighted by atomic mass is 16.5. The highest BCUT2D eigenvalue weighted by Gasteiger charge is 2.25. The van der Waals surface area contributed by atoms with Crippen molar-refractivity contribution in [2.45, 2.75) is 46.1 Å². The molecule has 170 valence electrons. The summed E-state index contributed by atoms with van der Waals surface area (Å²) in [4.78, 5) is 24.3. The van der Waals surface area contributed by atoms with Crippen molar-refractivity contribution in [3.05, 3.63) is 48.2 Å². The van der Waals surface area contributed by atoms with E-state index in [1.807, 2.05) is 26.4 Å². The van der Waals surface area contributed by atoms with Crippen LogP contribution in [0.5, 0.6) is 0 Å². The summed E-state index contributed by atoms with van der Waals surface area (Å²) in [6, 6.07) is 8.42. The number of piperidine rings is 1. The SMILES string of the molecule is Cc1ncc(-c2ccc3cnc(CC(=O)C4CCN(CCOC(C)C)CC4)cc3c2)n1C. The third-order valence-electron chi connectivity index (χ3n) is 6.55. The molecule has 0 amide bonds. The molecule has 1 fully saturated rings. The number of ether oxygens (including phenoxy) is 1. The molecular weight excluding hydrogens is 400 g/mol. The van der Waals surface area contributed by atoms with Crippen LogP contribution in [0.1, 0.15) is 38.2 Å². The van der Waals surface area contributed by atoms with Gasteiger partial charge < -0.3 is 14.2 Å². The van der Waals surface area contributed by atoms with Crippen molar-refractivity contribution in [1.29, 1.82) is 0 Å². The number of carbonyl (C=O) groups excluding carboxylic acids is 1. The molecule has 3 aromatic rings. The minimum absolute atomic E-state index is 0.138. The third-order valence-corrected chi connectivity index (χ3v) is 6.55. The van der Waals surface area contributed by atoms with Gasteiger partial charge in [-0.05, 0) is 64.2 Å². The predicted molar refractivity (Wildman–Crippen MR) is 128 cm³/mol. The van der Waals surface area contributed by atoms with Gasteiger partial charge in [-0.25, -0.2) is 4.98 Å². The zero-order valence-electron chi connectivity index (χ0n) is 19.7. The van der Waals surface area contributed by atoms with Crippen LogP contribution in [0.4, 0.5) is 0 Å². The Morgan fingerprint density at radius 2 is 1.91 bits per heavy atom. The van der Waals surface area contributed by atoms with Crippen LogP contribution in [0.2, 0.25) is 0 Å². The van der Waals surface area contributed by atoms with Crippen molar-refractivity contribution in [1.82, 2.24) is 19.4 Å². The van der Waals surface area contributed by atoms with Gasteiger partial charge in [0.1, 0.15) is 11.6 Å². The number of hydrogen-bond donors (Lipinski definition) is 0. The topological polar surface area (TPSA) is 60.3 Å². The van der Waals surface area contributed by atoms with E-state index in [2.05, 4.69) is 57.5 Å². The molecule has 0 aliphatic carbocycles. The van der Waals surface area contributed by atoms with Crippen LogP contribution in [0.3, 0.4) is 0 Å². The molecule has 0 radical (unpaired) electrons. The van der Waals surface area contributed by atoms with E-state index in [9.17, 15) is 4.79 Å². The summed E-state index contributed by atoms with van der Waals surface area (Å²) in [5.41, 5.74) is 3.07. The Morgan fingerprint density at radius 1 is 1.12 bits per heavy atom. The highest BCUT2D eigenvalue weighted by molar-refractivity contribution is 5.88. The average molecular weight is 435 g/mol. The maximum atomic E-state index is 13.0. The van der Waals surface area contributed by atoms with E-state index >= 15 is 0 Å². The largest absolute Gasteiger partial charge is 0.377 e. The van der Waals surface area contributed by atoms with E-state index in [1.165, 1.54) is 0 Å². The summed E-state index contributed by atoms with van der Waals surface area (Å²) >= 11 is 0. The smallest absolute Gasteiger partial charge is 0.142 e. The molecule has 3 heterocycles. The maximum Gasteiger partial charge on any atom is 0.142 e. The number of imidazole rings is 1. The fourth-order valence-electron chi connectivity index (χ4n) is 4.43. The molecule has 0 bridgehead atoms. The number of pyridine rings is 1. The predicted octanol–water partition coefficient (Wildman–Crippen LogP) is 4.19. The van der Waals surface area contributed by atoms with Crippen molar-refractivity contribution in [2.75, 3.05) is 26.2 Å². The van der Waals surface area contributed by atoms with E-state index < -0.39 is 0 Å². The molecule has 1 aliphatic heterocycles. The van der Waals surface area contributed by atoms with Gasteiger partial charge in [-0.15, -0.1) is 0 Å². The van der Waals surface area contributed by atoms with Gasteiger partial charge in [0.25, 0.3) is 0 Å². The Kier molecular flexibility index (Phi) is 7.01. The molecule has 6 nitrogen and oxygen atoms in total. The van der Waals surface area contributed by atoms with Gasteiger partial charge >= 0.3 is 0 Å². The van der Waals surface area contributed by atoms with Crippen molar-refractivity contribution in [2.24, 2.45) is 13.0 Å². The first kappa shape index (κ1) is 22.6. The number of fused-ring (bicyclic) bond motifs is 1. The van der Waals surface area contributed by atoms with Crippen LogP contribution in [0.15, 0.2) is 36.7 Å². The molecule has 1 saturated heterocycles. The molecule has 1 aromatic carbocycles. The maximum absolute atomic E-state index is 13.0. The number of hydrogen-bond acceptors (Lipinski definition) is 5. The Bertz CT molecular complexity index is 1080. The molecule has 0 spiro atoms. The summed E-state index contributed by atoms with van der Waals surface area (Å²) in [6.45, 7) is 9.77. The Balaban J connectivity index is 1.38. The lowest BCUT2D eigenvalue weighted by Gasteiger charge is -2.31. The first-order valence-corrected chi connectivity index (χ1v) is 11.6. The van der Waals surface area contributed by atoms with Crippen LogP contribution < -0.4 is 0 Å². The van der Waals surface area contributed by atoms with Crippen molar-refractivity contribution in [3.63, 3.8) is 0 Å². The standard InChI is InChI=1S/C26H34N4O2/c1-18(2)32-12-11-30-9-7-20(8-10-30)26(31)15-24-14-23-13-21(5-6-22(23)16-28-24)25-17-27-19(3)29(25)4/h5-6,13-14,16-18,20H,7-12,15H2,1-4H3. The Hall–Kier alpha value is -2.57. The molecule has 1 aliphatic rings. The molecule has 2 aromatic heterocycles. The zero-order chi connectivity index (χ0) is 22.7. The summed E-state index contributed by atoms with van der Waals surface area (Å²) in [5, 5.41) is 2.19. The van der Waals surface area contributed by atoms with Gasteiger partial charge in [-0.3, -0.25) is 9.78 Å². The second kappa shape index (κ2) is 9.92. The second-order valence-corrected chi connectivity index (χ2v) is 9.17. The fraction of sp³-hybridized carbons (Fsp3) is 0.500. The lowest BCUT2D eigenvalue weighted by atomic mass is 9.90. The molecule has 0 saturated carbocycles. The number of likely N-dealkylation sites (tertiary alicyclic amines) is 1. The quantitative estimate of drug-likeness (QED) is 0.532. The average Bonchev–Trinajstić information content (AvgIpc) is 3.11. The normalized spacial score (nSPS) is 15.7. The number of aromatic nitrogens is 3. The minimum atomic E-state index is 0.138. The number of benzene rings is 1. The molecule has 0 N–H and O–H groups in total. The third kappa shape index (κ3) is 5.25. The first-order chi connectivity index (χ1) is 15.4. The molecule has 6 heteroatoms. The number of nitrogens with zero attached hydrogens (tertiary/aromatic N) is 4. The van der Waals surface area contributed by atoms with Crippen molar-refractivity contribution < 1.29 is 9.53 Å². The second-order valence-electron chi connectivity index (χ2n) is 9.17. The highest BCUT2D eigenvalue weighted by Crippen LogP contribution is 2.26. The van der Waals surface area contributed by atoms with Crippen molar-refractivity contribution in [3.8, 4) is 11.3 Å². The van der Waals surface area contributed by atoms with E-state index in [4.69, 9.17) is 4.74 Å². The number of carbonyl (C=O) groups is 1. The van der Waals surface area contributed by atoms with Crippen LogP contribution in [0, 0.1) is 12.8 Å². The summed E-state index contributed by atoms with van der Waals surface area (Å²) in [6.07, 6.45) is 6.33. The van der Waals surface area contributed by atoms with E-state index in [0.29, 0.717) is 12.2 Å². The lowest BCUT2D eigenvalue weighted by molar-refractivity contribution is -0.123. The van der Waals surface area contributed by atoms with Gasteiger partial charge in [-0.1, -0.05) is 12.1 Å². The molecule has 0 unspecified atom stereocenters. The minimum Gasteiger partial charge on any atom is -0.377 e. The first-order valence-electron chi connectivity index (χ1n) is 11.6. The Morgan fingerprint density at radius 3 is 2.59 bits per heavy atom.